The maximum Gasteiger partial charge on any atom is 0.223 e. The van der Waals surface area contributed by atoms with Crippen LogP contribution in [0.5, 0.6) is 0 Å². The average Bonchev–Trinajstić information content (AvgIpc) is 2.90. The smallest absolute Gasteiger partial charge is 0.223 e. The molecule has 0 aromatic carbocycles. The summed E-state index contributed by atoms with van der Waals surface area (Å²) in [4.78, 5) is 21.6. The van der Waals surface area contributed by atoms with Crippen molar-refractivity contribution in [3.8, 4) is 0 Å². The second kappa shape index (κ2) is 9.16. The molecule has 0 saturated carbocycles. The molecule has 1 atom stereocenters. The van der Waals surface area contributed by atoms with Crippen molar-refractivity contribution in [3.63, 3.8) is 0 Å². The predicted octanol–water partition coefficient (Wildman–Crippen LogP) is 3.27. The van der Waals surface area contributed by atoms with Gasteiger partial charge in [-0.15, -0.1) is 0 Å². The van der Waals surface area contributed by atoms with Crippen molar-refractivity contribution >= 4 is 5.91 Å². The lowest BCUT2D eigenvalue weighted by molar-refractivity contribution is -0.135. The van der Waals surface area contributed by atoms with E-state index in [1.807, 2.05) is 24.5 Å². The molecule has 1 aromatic rings. The Morgan fingerprint density at radius 3 is 2.46 bits per heavy atom. The molecular weight excluding hydrogens is 298 g/mol. The van der Waals surface area contributed by atoms with E-state index in [0.717, 1.165) is 25.9 Å². The van der Waals surface area contributed by atoms with Crippen molar-refractivity contribution in [1.82, 2.24) is 14.8 Å². The molecule has 1 amide bonds. The predicted molar refractivity (Wildman–Crippen MR) is 96.8 cm³/mol. The number of piperidine rings is 1. The molecule has 0 N–H and O–H groups in total. The van der Waals surface area contributed by atoms with Crippen LogP contribution in [0.15, 0.2) is 24.5 Å². The Labute approximate surface area is 146 Å². The van der Waals surface area contributed by atoms with Crippen LogP contribution in [0, 0.1) is 0 Å². The summed E-state index contributed by atoms with van der Waals surface area (Å²) < 4.78 is 0. The minimum absolute atomic E-state index is 0.339. The van der Waals surface area contributed by atoms with Crippen molar-refractivity contribution < 1.29 is 4.79 Å². The van der Waals surface area contributed by atoms with Crippen LogP contribution < -0.4 is 0 Å². The molecule has 1 aromatic heterocycles. The van der Waals surface area contributed by atoms with Crippen LogP contribution in [0.1, 0.15) is 56.9 Å². The largest absolute Gasteiger partial charge is 0.338 e. The van der Waals surface area contributed by atoms with Crippen molar-refractivity contribution in [3.05, 3.63) is 30.1 Å². The zero-order chi connectivity index (χ0) is 16.6. The van der Waals surface area contributed by atoms with E-state index < -0.39 is 0 Å². The van der Waals surface area contributed by atoms with E-state index in [9.17, 15) is 4.79 Å². The number of carbonyl (C=O) groups is 1. The maximum atomic E-state index is 12.8. The number of pyridine rings is 1. The monoisotopic (exact) mass is 329 g/mol. The summed E-state index contributed by atoms with van der Waals surface area (Å²) in [6.45, 7) is 4.47. The van der Waals surface area contributed by atoms with E-state index in [2.05, 4.69) is 14.8 Å². The third-order valence-electron chi connectivity index (χ3n) is 5.49. The average molecular weight is 329 g/mol. The van der Waals surface area contributed by atoms with Crippen LogP contribution >= 0.6 is 0 Å². The molecule has 3 heterocycles. The fourth-order valence-corrected chi connectivity index (χ4v) is 4.08. The molecule has 3 rings (SSSR count). The number of rotatable bonds is 5. The molecule has 2 saturated heterocycles. The molecule has 24 heavy (non-hydrogen) atoms. The van der Waals surface area contributed by atoms with Gasteiger partial charge in [-0.1, -0.05) is 12.8 Å². The Balaban J connectivity index is 1.53. The van der Waals surface area contributed by atoms with E-state index in [1.54, 1.807) is 0 Å². The van der Waals surface area contributed by atoms with Crippen molar-refractivity contribution in [1.29, 1.82) is 0 Å². The Hall–Kier alpha value is -1.42. The van der Waals surface area contributed by atoms with Gasteiger partial charge in [0.1, 0.15) is 0 Å². The highest BCUT2D eigenvalue weighted by Crippen LogP contribution is 2.21. The minimum atomic E-state index is 0.339. The number of aryl methyl sites for hydroxylation is 1. The molecule has 2 aliphatic heterocycles. The van der Waals surface area contributed by atoms with Gasteiger partial charge in [0, 0.05) is 37.9 Å². The third-order valence-corrected chi connectivity index (χ3v) is 5.49. The van der Waals surface area contributed by atoms with Gasteiger partial charge < -0.3 is 9.80 Å². The first-order valence-electron chi connectivity index (χ1n) is 9.73. The molecule has 0 unspecified atom stereocenters. The van der Waals surface area contributed by atoms with Gasteiger partial charge in [0.15, 0.2) is 0 Å². The Morgan fingerprint density at radius 1 is 1.00 bits per heavy atom. The van der Waals surface area contributed by atoms with E-state index in [-0.39, 0.29) is 0 Å². The second-order valence-electron chi connectivity index (χ2n) is 7.31. The lowest BCUT2D eigenvalue weighted by Gasteiger charge is -2.38. The number of aromatic nitrogens is 1. The molecule has 4 heteroatoms. The number of hydrogen-bond acceptors (Lipinski definition) is 3. The molecule has 0 aliphatic carbocycles. The van der Waals surface area contributed by atoms with Gasteiger partial charge in [0.05, 0.1) is 0 Å². The van der Waals surface area contributed by atoms with Gasteiger partial charge >= 0.3 is 0 Å². The highest BCUT2D eigenvalue weighted by Gasteiger charge is 2.28. The fourth-order valence-electron chi connectivity index (χ4n) is 4.08. The van der Waals surface area contributed by atoms with Crippen LogP contribution in [-0.4, -0.2) is 52.9 Å². The number of likely N-dealkylation sites (tertiary alicyclic amines) is 2. The van der Waals surface area contributed by atoms with Crippen LogP contribution in [0.25, 0.3) is 0 Å². The molecular formula is C20H31N3O. The molecule has 2 fully saturated rings. The Morgan fingerprint density at radius 2 is 1.71 bits per heavy atom. The Bertz CT molecular complexity index is 497. The summed E-state index contributed by atoms with van der Waals surface area (Å²) in [7, 11) is 0. The Kier molecular flexibility index (Phi) is 6.65. The van der Waals surface area contributed by atoms with Gasteiger partial charge in [-0.05, 0) is 69.3 Å². The topological polar surface area (TPSA) is 36.4 Å². The van der Waals surface area contributed by atoms with E-state index >= 15 is 0 Å². The van der Waals surface area contributed by atoms with Crippen LogP contribution in [0.3, 0.4) is 0 Å². The SMILES string of the molecule is O=C(CCc1ccncc1)N1CCCC[C@H]1CN1CCCCCC1. The lowest BCUT2D eigenvalue weighted by Crippen LogP contribution is -2.49. The molecule has 0 radical (unpaired) electrons. The summed E-state index contributed by atoms with van der Waals surface area (Å²) in [5.74, 6) is 0.339. The van der Waals surface area contributed by atoms with Crippen molar-refractivity contribution in [2.75, 3.05) is 26.2 Å². The molecule has 4 nitrogen and oxygen atoms in total. The normalized spacial score (nSPS) is 23.0. The first-order chi connectivity index (χ1) is 11.8. The summed E-state index contributed by atoms with van der Waals surface area (Å²) in [6, 6.07) is 4.46. The molecule has 132 valence electrons. The minimum Gasteiger partial charge on any atom is -0.338 e. The van der Waals surface area contributed by atoms with Gasteiger partial charge in [-0.2, -0.15) is 0 Å². The second-order valence-corrected chi connectivity index (χ2v) is 7.31. The van der Waals surface area contributed by atoms with Gasteiger partial charge in [-0.3, -0.25) is 9.78 Å². The van der Waals surface area contributed by atoms with E-state index in [1.165, 1.54) is 57.2 Å². The zero-order valence-corrected chi connectivity index (χ0v) is 14.8. The summed E-state index contributed by atoms with van der Waals surface area (Å²) in [5.41, 5.74) is 1.21. The summed E-state index contributed by atoms with van der Waals surface area (Å²) in [5, 5.41) is 0. The van der Waals surface area contributed by atoms with Gasteiger partial charge in [0.2, 0.25) is 5.91 Å². The summed E-state index contributed by atoms with van der Waals surface area (Å²) >= 11 is 0. The first-order valence-corrected chi connectivity index (χ1v) is 9.73. The quantitative estimate of drug-likeness (QED) is 0.832. The highest BCUT2D eigenvalue weighted by molar-refractivity contribution is 5.77. The number of hydrogen-bond donors (Lipinski definition) is 0. The van der Waals surface area contributed by atoms with Gasteiger partial charge in [0.25, 0.3) is 0 Å². The van der Waals surface area contributed by atoms with Gasteiger partial charge in [-0.25, -0.2) is 0 Å². The molecule has 0 bridgehead atoms. The van der Waals surface area contributed by atoms with Crippen LogP contribution in [0.4, 0.5) is 0 Å². The van der Waals surface area contributed by atoms with E-state index in [4.69, 9.17) is 0 Å². The summed E-state index contributed by atoms with van der Waals surface area (Å²) in [6.07, 6.45) is 14.1. The number of carbonyl (C=O) groups excluding carboxylic acids is 1. The zero-order valence-electron chi connectivity index (χ0n) is 14.8. The number of amides is 1. The maximum absolute atomic E-state index is 12.8. The molecule has 0 spiro atoms. The highest BCUT2D eigenvalue weighted by atomic mass is 16.2. The van der Waals surface area contributed by atoms with E-state index in [0.29, 0.717) is 18.4 Å². The van der Waals surface area contributed by atoms with Crippen molar-refractivity contribution in [2.45, 2.75) is 63.8 Å². The van der Waals surface area contributed by atoms with Crippen molar-refractivity contribution in [2.24, 2.45) is 0 Å². The fraction of sp³-hybridized carbons (Fsp3) is 0.700. The van der Waals surface area contributed by atoms with Crippen LogP contribution in [-0.2, 0) is 11.2 Å². The standard InChI is InChI=1S/C20H31N3O/c24-20(9-8-18-10-12-21-13-11-18)23-16-6-3-7-19(23)17-22-14-4-1-2-5-15-22/h10-13,19H,1-9,14-17H2/t19-/m0/s1. The third kappa shape index (κ3) is 5.04. The van der Waals surface area contributed by atoms with Crippen LogP contribution in [0.2, 0.25) is 0 Å². The number of nitrogens with zero attached hydrogens (tertiary/aromatic N) is 3. The lowest BCUT2D eigenvalue weighted by atomic mass is 10.00. The molecule has 2 aliphatic rings. The first kappa shape index (κ1) is 17.4.